The first-order valence-electron chi connectivity index (χ1n) is 7.77. The number of hydrogen-bond donors (Lipinski definition) is 0. The van der Waals surface area contributed by atoms with E-state index in [9.17, 15) is 0 Å². The van der Waals surface area contributed by atoms with Crippen LogP contribution in [0.1, 0.15) is 5.56 Å². The molecule has 6 heteroatoms. The molecule has 0 bridgehead atoms. The third-order valence-corrected chi connectivity index (χ3v) is 4.95. The number of aromatic nitrogens is 3. The number of halogens is 1. The Kier molecular flexibility index (Phi) is 5.79. The lowest BCUT2D eigenvalue weighted by Gasteiger charge is -2.08. The number of ether oxygens (including phenoxy) is 1. The van der Waals surface area contributed by atoms with Gasteiger partial charge in [0.2, 0.25) is 0 Å². The zero-order valence-electron chi connectivity index (χ0n) is 13.9. The van der Waals surface area contributed by atoms with Crippen molar-refractivity contribution in [1.29, 1.82) is 0 Å². The van der Waals surface area contributed by atoms with E-state index in [1.807, 2.05) is 54.6 Å². The summed E-state index contributed by atoms with van der Waals surface area (Å²) in [6.45, 7) is 4.50. The third kappa shape index (κ3) is 4.24. The van der Waals surface area contributed by atoms with E-state index in [4.69, 9.17) is 16.3 Å². The molecular formula is C19H18ClN3OS. The van der Waals surface area contributed by atoms with Gasteiger partial charge in [0.1, 0.15) is 5.75 Å². The van der Waals surface area contributed by atoms with E-state index in [2.05, 4.69) is 21.3 Å². The number of hydrogen-bond acceptors (Lipinski definition) is 4. The highest BCUT2D eigenvalue weighted by atomic mass is 35.5. The molecule has 3 aromatic rings. The van der Waals surface area contributed by atoms with Crippen molar-refractivity contribution in [2.45, 2.75) is 17.5 Å². The second-order valence-corrected chi connectivity index (χ2v) is 6.73. The zero-order valence-corrected chi connectivity index (χ0v) is 15.4. The highest BCUT2D eigenvalue weighted by Gasteiger charge is 2.13. The average molecular weight is 372 g/mol. The molecule has 0 aliphatic carbocycles. The Morgan fingerprint density at radius 2 is 1.84 bits per heavy atom. The van der Waals surface area contributed by atoms with Crippen LogP contribution in [-0.2, 0) is 12.3 Å². The molecule has 0 unspecified atom stereocenters. The zero-order chi connectivity index (χ0) is 17.6. The lowest BCUT2D eigenvalue weighted by atomic mass is 10.2. The Labute approximate surface area is 156 Å². The summed E-state index contributed by atoms with van der Waals surface area (Å²) in [5.74, 6) is 2.44. The van der Waals surface area contributed by atoms with Crippen LogP contribution in [0.2, 0.25) is 5.02 Å². The van der Waals surface area contributed by atoms with E-state index < -0.39 is 0 Å². The number of thioether (sulfide) groups is 1. The van der Waals surface area contributed by atoms with Crippen LogP contribution in [0.4, 0.5) is 0 Å². The summed E-state index contributed by atoms with van der Waals surface area (Å²) in [5, 5.41) is 10.3. The van der Waals surface area contributed by atoms with Gasteiger partial charge < -0.3 is 4.74 Å². The highest BCUT2D eigenvalue weighted by Crippen LogP contribution is 2.27. The molecule has 2 aromatic carbocycles. The molecular weight excluding hydrogens is 354 g/mol. The maximum Gasteiger partial charge on any atom is 0.192 e. The second-order valence-electron chi connectivity index (χ2n) is 5.35. The molecule has 0 saturated heterocycles. The lowest BCUT2D eigenvalue weighted by molar-refractivity contribution is 0.415. The van der Waals surface area contributed by atoms with E-state index in [0.717, 1.165) is 33.1 Å². The molecule has 128 valence electrons. The normalized spacial score (nSPS) is 10.6. The van der Waals surface area contributed by atoms with E-state index in [0.29, 0.717) is 6.54 Å². The van der Waals surface area contributed by atoms with Gasteiger partial charge in [0.25, 0.3) is 0 Å². The molecule has 0 atom stereocenters. The highest BCUT2D eigenvalue weighted by molar-refractivity contribution is 7.98. The summed E-state index contributed by atoms with van der Waals surface area (Å²) < 4.78 is 7.28. The van der Waals surface area contributed by atoms with Gasteiger partial charge in [-0.2, -0.15) is 0 Å². The van der Waals surface area contributed by atoms with Gasteiger partial charge in [-0.1, -0.05) is 41.6 Å². The van der Waals surface area contributed by atoms with E-state index in [-0.39, 0.29) is 0 Å². The summed E-state index contributed by atoms with van der Waals surface area (Å²) in [6, 6.07) is 15.6. The SMILES string of the molecule is C=CCn1c(SCc2ccc(Cl)cc2)nnc1-c1ccc(OC)cc1. The van der Waals surface area contributed by atoms with Gasteiger partial charge in [-0.05, 0) is 42.0 Å². The molecule has 0 N–H and O–H groups in total. The van der Waals surface area contributed by atoms with Crippen molar-refractivity contribution < 1.29 is 4.74 Å². The molecule has 0 spiro atoms. The van der Waals surface area contributed by atoms with Crippen LogP contribution < -0.4 is 4.74 Å². The Morgan fingerprint density at radius 1 is 1.12 bits per heavy atom. The fourth-order valence-electron chi connectivity index (χ4n) is 2.37. The topological polar surface area (TPSA) is 39.9 Å². The minimum absolute atomic E-state index is 0.650. The molecule has 1 aromatic heterocycles. The van der Waals surface area contributed by atoms with Gasteiger partial charge in [-0.25, -0.2) is 0 Å². The van der Waals surface area contributed by atoms with Crippen LogP contribution in [-0.4, -0.2) is 21.9 Å². The Morgan fingerprint density at radius 3 is 2.48 bits per heavy atom. The van der Waals surface area contributed by atoms with Gasteiger partial charge in [0, 0.05) is 22.9 Å². The van der Waals surface area contributed by atoms with Gasteiger partial charge >= 0.3 is 0 Å². The van der Waals surface area contributed by atoms with Crippen LogP contribution in [0.3, 0.4) is 0 Å². The lowest BCUT2D eigenvalue weighted by Crippen LogP contribution is -2.00. The summed E-state index contributed by atoms with van der Waals surface area (Å²) in [4.78, 5) is 0. The molecule has 0 radical (unpaired) electrons. The molecule has 3 rings (SSSR count). The number of nitrogens with zero attached hydrogens (tertiary/aromatic N) is 3. The fraction of sp³-hybridized carbons (Fsp3) is 0.158. The number of allylic oxidation sites excluding steroid dienone is 1. The van der Waals surface area contributed by atoms with Crippen molar-refractivity contribution in [3.05, 3.63) is 71.8 Å². The van der Waals surface area contributed by atoms with Gasteiger partial charge in [0.15, 0.2) is 11.0 Å². The monoisotopic (exact) mass is 371 g/mol. The Hall–Kier alpha value is -2.24. The molecule has 1 heterocycles. The molecule has 0 saturated carbocycles. The van der Waals surface area contributed by atoms with Crippen LogP contribution in [0.25, 0.3) is 11.4 Å². The van der Waals surface area contributed by atoms with Gasteiger partial charge in [-0.3, -0.25) is 4.57 Å². The number of methoxy groups -OCH3 is 1. The first-order chi connectivity index (χ1) is 12.2. The van der Waals surface area contributed by atoms with Crippen LogP contribution in [0.5, 0.6) is 5.75 Å². The standard InChI is InChI=1S/C19H18ClN3OS/c1-3-12-23-18(15-6-10-17(24-2)11-7-15)21-22-19(23)25-13-14-4-8-16(20)9-5-14/h3-11H,1,12-13H2,2H3. The summed E-state index contributed by atoms with van der Waals surface area (Å²) in [6.07, 6.45) is 1.85. The van der Waals surface area contributed by atoms with Crippen molar-refractivity contribution in [2.24, 2.45) is 0 Å². The van der Waals surface area contributed by atoms with Crippen LogP contribution in [0.15, 0.2) is 66.3 Å². The summed E-state index contributed by atoms with van der Waals surface area (Å²) >= 11 is 7.58. The largest absolute Gasteiger partial charge is 0.497 e. The minimum Gasteiger partial charge on any atom is -0.497 e. The molecule has 0 aliphatic rings. The maximum atomic E-state index is 5.93. The van der Waals surface area contributed by atoms with Gasteiger partial charge in [-0.15, -0.1) is 16.8 Å². The molecule has 25 heavy (non-hydrogen) atoms. The summed E-state index contributed by atoms with van der Waals surface area (Å²) in [5.41, 5.74) is 2.18. The minimum atomic E-state index is 0.650. The van der Waals surface area contributed by atoms with Gasteiger partial charge in [0.05, 0.1) is 7.11 Å². The molecule has 0 fully saturated rings. The first-order valence-corrected chi connectivity index (χ1v) is 9.13. The van der Waals surface area contributed by atoms with Crippen LogP contribution >= 0.6 is 23.4 Å². The quantitative estimate of drug-likeness (QED) is 0.428. The second kappa shape index (κ2) is 8.23. The summed E-state index contributed by atoms with van der Waals surface area (Å²) in [7, 11) is 1.65. The van der Waals surface area contributed by atoms with Crippen LogP contribution in [0, 0.1) is 0 Å². The third-order valence-electron chi connectivity index (χ3n) is 3.66. The molecule has 0 amide bonds. The molecule has 0 aliphatic heterocycles. The first kappa shape index (κ1) is 17.6. The Bertz CT molecular complexity index is 844. The van der Waals surface area contributed by atoms with Crippen molar-refractivity contribution in [1.82, 2.24) is 14.8 Å². The maximum absolute atomic E-state index is 5.93. The van der Waals surface area contributed by atoms with Crippen molar-refractivity contribution >= 4 is 23.4 Å². The predicted molar refractivity (Wildman–Crippen MR) is 103 cm³/mol. The number of benzene rings is 2. The smallest absolute Gasteiger partial charge is 0.192 e. The average Bonchev–Trinajstić information content (AvgIpc) is 3.04. The van der Waals surface area contributed by atoms with Crippen molar-refractivity contribution in [2.75, 3.05) is 7.11 Å². The number of rotatable bonds is 7. The van der Waals surface area contributed by atoms with E-state index >= 15 is 0 Å². The Balaban J connectivity index is 1.83. The molecule has 4 nitrogen and oxygen atoms in total. The van der Waals surface area contributed by atoms with Crippen molar-refractivity contribution in [3.8, 4) is 17.1 Å². The predicted octanol–water partition coefficient (Wildman–Crippen LogP) is 5.09. The van der Waals surface area contributed by atoms with E-state index in [1.165, 1.54) is 5.56 Å². The fourth-order valence-corrected chi connectivity index (χ4v) is 3.40. The van der Waals surface area contributed by atoms with Crippen molar-refractivity contribution in [3.63, 3.8) is 0 Å². The van der Waals surface area contributed by atoms with E-state index in [1.54, 1.807) is 18.9 Å².